The highest BCUT2D eigenvalue weighted by atomic mass is 32.2. The number of aryl methyl sites for hydroxylation is 2. The van der Waals surface area contributed by atoms with Gasteiger partial charge in [-0.2, -0.15) is 4.72 Å². The van der Waals surface area contributed by atoms with Crippen molar-refractivity contribution >= 4 is 21.7 Å². The minimum atomic E-state index is -3.62. The Morgan fingerprint density at radius 1 is 1.00 bits per heavy atom. The summed E-state index contributed by atoms with van der Waals surface area (Å²) in [6.45, 7) is 4.18. The zero-order valence-electron chi connectivity index (χ0n) is 16.7. The highest BCUT2D eigenvalue weighted by molar-refractivity contribution is 7.89. The molecule has 1 aliphatic heterocycles. The van der Waals surface area contributed by atoms with Gasteiger partial charge in [0.2, 0.25) is 10.0 Å². The molecule has 30 heavy (non-hydrogen) atoms. The Kier molecular flexibility index (Phi) is 5.32. The van der Waals surface area contributed by atoms with Crippen LogP contribution in [0.2, 0.25) is 0 Å². The van der Waals surface area contributed by atoms with Crippen LogP contribution in [0.5, 0.6) is 0 Å². The molecule has 2 N–H and O–H groups in total. The average molecular weight is 423 g/mol. The van der Waals surface area contributed by atoms with Crippen molar-refractivity contribution in [1.82, 2.24) is 4.72 Å². The van der Waals surface area contributed by atoms with Crippen molar-refractivity contribution in [1.29, 1.82) is 0 Å². The monoisotopic (exact) mass is 422 g/mol. The molecule has 0 aliphatic carbocycles. The standard InChI is InChI=1S/C23H22N2O4S/c1-15-7-8-16(2)19(13-15)14-29-23(26)18-11-9-17(10-12-18)22-24-20-5-3-4-6-21(20)30(27,28)25-22/h3-13,22,24-25H,14H2,1-2H3. The van der Waals surface area contributed by atoms with Crippen molar-refractivity contribution in [3.8, 4) is 0 Å². The van der Waals surface area contributed by atoms with Gasteiger partial charge in [-0.05, 0) is 54.8 Å². The molecule has 6 nitrogen and oxygen atoms in total. The van der Waals surface area contributed by atoms with Gasteiger partial charge in [0, 0.05) is 0 Å². The number of benzene rings is 3. The second-order valence-corrected chi connectivity index (χ2v) is 9.01. The van der Waals surface area contributed by atoms with Crippen LogP contribution in [0.4, 0.5) is 5.69 Å². The number of ether oxygens (including phenoxy) is 1. The second-order valence-electron chi connectivity index (χ2n) is 7.32. The van der Waals surface area contributed by atoms with E-state index >= 15 is 0 Å². The van der Waals surface area contributed by atoms with Crippen LogP contribution in [-0.2, 0) is 21.4 Å². The van der Waals surface area contributed by atoms with Gasteiger partial charge in [-0.1, -0.05) is 48.0 Å². The second kappa shape index (κ2) is 7.93. The van der Waals surface area contributed by atoms with Gasteiger partial charge >= 0.3 is 5.97 Å². The third-order valence-electron chi connectivity index (χ3n) is 5.09. The van der Waals surface area contributed by atoms with Crippen molar-refractivity contribution in [3.63, 3.8) is 0 Å². The van der Waals surface area contributed by atoms with Gasteiger partial charge in [0.25, 0.3) is 0 Å². The number of anilines is 1. The number of nitrogens with one attached hydrogen (secondary N) is 2. The predicted molar refractivity (Wildman–Crippen MR) is 115 cm³/mol. The van der Waals surface area contributed by atoms with E-state index in [0.29, 0.717) is 16.8 Å². The van der Waals surface area contributed by atoms with Crippen LogP contribution in [0.25, 0.3) is 0 Å². The fourth-order valence-corrected chi connectivity index (χ4v) is 4.68. The summed E-state index contributed by atoms with van der Waals surface area (Å²) in [5.41, 5.74) is 4.79. The molecule has 0 saturated heterocycles. The van der Waals surface area contributed by atoms with E-state index < -0.39 is 22.2 Å². The van der Waals surface area contributed by atoms with Gasteiger partial charge in [-0.15, -0.1) is 0 Å². The minimum Gasteiger partial charge on any atom is -0.457 e. The van der Waals surface area contributed by atoms with Crippen LogP contribution in [0.15, 0.2) is 71.6 Å². The Balaban J connectivity index is 1.47. The SMILES string of the molecule is Cc1ccc(C)c(COC(=O)c2ccc(C3Nc4ccccc4S(=O)(=O)N3)cc2)c1. The lowest BCUT2D eigenvalue weighted by molar-refractivity contribution is 0.0472. The van der Waals surface area contributed by atoms with Gasteiger partial charge in [0.1, 0.15) is 17.7 Å². The van der Waals surface area contributed by atoms with Crippen molar-refractivity contribution < 1.29 is 17.9 Å². The van der Waals surface area contributed by atoms with E-state index in [1.165, 1.54) is 0 Å². The molecule has 0 fully saturated rings. The lowest BCUT2D eigenvalue weighted by Gasteiger charge is -2.28. The van der Waals surface area contributed by atoms with Gasteiger partial charge in [0.05, 0.1) is 11.3 Å². The largest absolute Gasteiger partial charge is 0.457 e. The van der Waals surface area contributed by atoms with Crippen LogP contribution in [0.1, 0.15) is 38.8 Å². The Labute approximate surface area is 176 Å². The Bertz CT molecular complexity index is 1200. The quantitative estimate of drug-likeness (QED) is 0.620. The fraction of sp³-hybridized carbons (Fsp3) is 0.174. The van der Waals surface area contributed by atoms with Crippen LogP contribution in [-0.4, -0.2) is 14.4 Å². The van der Waals surface area contributed by atoms with Crippen LogP contribution >= 0.6 is 0 Å². The maximum Gasteiger partial charge on any atom is 0.338 e. The Hall–Kier alpha value is -3.16. The van der Waals surface area contributed by atoms with Gasteiger partial charge < -0.3 is 10.1 Å². The summed E-state index contributed by atoms with van der Waals surface area (Å²) in [7, 11) is -3.62. The molecule has 0 bridgehead atoms. The number of hydrogen-bond donors (Lipinski definition) is 2. The van der Waals surface area contributed by atoms with Crippen molar-refractivity contribution in [2.24, 2.45) is 0 Å². The third kappa shape index (κ3) is 4.08. The van der Waals surface area contributed by atoms with Crippen LogP contribution in [0.3, 0.4) is 0 Å². The summed E-state index contributed by atoms with van der Waals surface area (Å²) >= 11 is 0. The molecule has 4 rings (SSSR count). The molecule has 3 aromatic rings. The smallest absolute Gasteiger partial charge is 0.338 e. The molecule has 7 heteroatoms. The van der Waals surface area contributed by atoms with Crippen molar-refractivity contribution in [2.75, 3.05) is 5.32 Å². The molecule has 1 aliphatic rings. The predicted octanol–water partition coefficient (Wildman–Crippen LogP) is 4.06. The summed E-state index contributed by atoms with van der Waals surface area (Å²) in [5, 5.41) is 3.17. The first-order valence-corrected chi connectivity index (χ1v) is 11.0. The zero-order valence-corrected chi connectivity index (χ0v) is 17.5. The van der Waals surface area contributed by atoms with Gasteiger partial charge in [0.15, 0.2) is 0 Å². The lowest BCUT2D eigenvalue weighted by atomic mass is 10.1. The van der Waals surface area contributed by atoms with Gasteiger partial charge in [-0.3, -0.25) is 0 Å². The third-order valence-corrected chi connectivity index (χ3v) is 6.57. The number of fused-ring (bicyclic) bond motifs is 1. The summed E-state index contributed by atoms with van der Waals surface area (Å²) in [4.78, 5) is 12.6. The van der Waals surface area contributed by atoms with E-state index in [0.717, 1.165) is 16.7 Å². The number of hydrogen-bond acceptors (Lipinski definition) is 5. The first-order chi connectivity index (χ1) is 14.3. The van der Waals surface area contributed by atoms with Crippen molar-refractivity contribution in [3.05, 3.63) is 94.5 Å². The molecule has 3 aromatic carbocycles. The van der Waals surface area contributed by atoms with E-state index in [1.54, 1.807) is 48.5 Å². The Morgan fingerprint density at radius 2 is 1.73 bits per heavy atom. The number of esters is 1. The number of rotatable bonds is 4. The zero-order chi connectivity index (χ0) is 21.3. The number of carbonyl (C=O) groups is 1. The molecule has 1 atom stereocenters. The van der Waals surface area contributed by atoms with Gasteiger partial charge in [-0.25, -0.2) is 13.2 Å². The molecule has 154 valence electrons. The van der Waals surface area contributed by atoms with E-state index in [-0.39, 0.29) is 11.5 Å². The number of sulfonamides is 1. The van der Waals surface area contributed by atoms with Crippen LogP contribution in [0, 0.1) is 13.8 Å². The minimum absolute atomic E-state index is 0.203. The average Bonchev–Trinajstić information content (AvgIpc) is 2.74. The summed E-state index contributed by atoms with van der Waals surface area (Å²) < 4.78 is 33.0. The number of para-hydroxylation sites is 1. The van der Waals surface area contributed by atoms with E-state index in [9.17, 15) is 13.2 Å². The maximum atomic E-state index is 12.5. The molecule has 0 radical (unpaired) electrons. The molecule has 0 saturated carbocycles. The van der Waals surface area contributed by atoms with E-state index in [4.69, 9.17) is 4.74 Å². The number of carbonyl (C=O) groups excluding carboxylic acids is 1. The maximum absolute atomic E-state index is 12.5. The summed E-state index contributed by atoms with van der Waals surface area (Å²) in [6.07, 6.45) is -0.620. The highest BCUT2D eigenvalue weighted by Crippen LogP contribution is 2.30. The van der Waals surface area contributed by atoms with Crippen LogP contribution < -0.4 is 10.0 Å². The summed E-state index contributed by atoms with van der Waals surface area (Å²) in [5.74, 6) is -0.426. The molecular weight excluding hydrogens is 400 g/mol. The molecule has 1 heterocycles. The van der Waals surface area contributed by atoms with Crippen molar-refractivity contribution in [2.45, 2.75) is 31.5 Å². The first-order valence-electron chi connectivity index (χ1n) is 9.54. The lowest BCUT2D eigenvalue weighted by Crippen LogP contribution is -2.38. The van der Waals surface area contributed by atoms with E-state index in [1.807, 2.05) is 32.0 Å². The topological polar surface area (TPSA) is 84.5 Å². The highest BCUT2D eigenvalue weighted by Gasteiger charge is 2.29. The normalized spacial score (nSPS) is 16.9. The first kappa shape index (κ1) is 20.1. The summed E-state index contributed by atoms with van der Waals surface area (Å²) in [6, 6.07) is 19.5. The Morgan fingerprint density at radius 3 is 2.50 bits per heavy atom. The fourth-order valence-electron chi connectivity index (χ4n) is 3.37. The molecule has 0 spiro atoms. The molecule has 1 unspecified atom stereocenters. The van der Waals surface area contributed by atoms with E-state index in [2.05, 4.69) is 10.0 Å². The molecule has 0 aromatic heterocycles. The molecular formula is C23H22N2O4S. The molecule has 0 amide bonds.